The van der Waals surface area contributed by atoms with Gasteiger partial charge in [-0.15, -0.1) is 0 Å². The molecule has 7 heteroatoms. The summed E-state index contributed by atoms with van der Waals surface area (Å²) in [4.78, 5) is 41.3. The molecule has 0 saturated heterocycles. The van der Waals surface area contributed by atoms with Crippen molar-refractivity contribution in [3.63, 3.8) is 0 Å². The summed E-state index contributed by atoms with van der Waals surface area (Å²) in [5.41, 5.74) is 1.30. The van der Waals surface area contributed by atoms with E-state index in [0.717, 1.165) is 5.69 Å². The second-order valence-corrected chi connectivity index (χ2v) is 5.97. The fourth-order valence-corrected chi connectivity index (χ4v) is 2.67. The van der Waals surface area contributed by atoms with Gasteiger partial charge in [-0.1, -0.05) is 18.2 Å². The summed E-state index contributed by atoms with van der Waals surface area (Å²) in [7, 11) is 0. The first-order valence-corrected chi connectivity index (χ1v) is 8.52. The normalized spacial score (nSPS) is 10.6. The molecule has 7 nitrogen and oxygen atoms in total. The molecule has 3 aromatic rings. The second-order valence-electron chi connectivity index (χ2n) is 5.97. The molecule has 0 aliphatic heterocycles. The van der Waals surface area contributed by atoms with Crippen molar-refractivity contribution in [3.8, 4) is 0 Å². The van der Waals surface area contributed by atoms with Crippen molar-refractivity contribution in [2.45, 2.75) is 20.4 Å². The lowest BCUT2D eigenvalue weighted by molar-refractivity contribution is -0.119. The molecule has 0 aliphatic carbocycles. The Balaban J connectivity index is 1.79. The largest absolute Gasteiger partial charge is 0.452 e. The van der Waals surface area contributed by atoms with Crippen LogP contribution in [0, 0.1) is 6.92 Å². The van der Waals surface area contributed by atoms with E-state index in [1.54, 1.807) is 41.0 Å². The van der Waals surface area contributed by atoms with Crippen LogP contribution in [0.3, 0.4) is 0 Å². The van der Waals surface area contributed by atoms with E-state index in [1.165, 1.54) is 6.20 Å². The van der Waals surface area contributed by atoms with Crippen molar-refractivity contribution >= 4 is 28.6 Å². The highest BCUT2D eigenvalue weighted by molar-refractivity contribution is 5.96. The number of rotatable bonds is 5. The molecule has 1 aromatic carbocycles. The van der Waals surface area contributed by atoms with Gasteiger partial charge in [-0.2, -0.15) is 0 Å². The summed E-state index contributed by atoms with van der Waals surface area (Å²) in [6.07, 6.45) is 1.43. The summed E-state index contributed by atoms with van der Waals surface area (Å²) >= 11 is 0. The van der Waals surface area contributed by atoms with E-state index >= 15 is 0 Å². The van der Waals surface area contributed by atoms with Gasteiger partial charge in [-0.05, 0) is 38.1 Å². The van der Waals surface area contributed by atoms with Gasteiger partial charge in [0.25, 0.3) is 5.91 Å². The van der Waals surface area contributed by atoms with Gasteiger partial charge in [-0.25, -0.2) is 9.78 Å². The molecule has 0 spiro atoms. The maximum Gasteiger partial charge on any atom is 0.344 e. The number of ether oxygens (including phenoxy) is 1. The molecule has 27 heavy (non-hydrogen) atoms. The number of fused-ring (bicyclic) bond motifs is 1. The number of anilines is 1. The Bertz CT molecular complexity index is 1060. The van der Waals surface area contributed by atoms with Crippen LogP contribution in [0.4, 0.5) is 5.69 Å². The number of nitrogens with one attached hydrogen (secondary N) is 1. The lowest BCUT2D eigenvalue weighted by atomic mass is 10.2. The third-order valence-corrected chi connectivity index (χ3v) is 4.01. The zero-order valence-corrected chi connectivity index (χ0v) is 15.1. The van der Waals surface area contributed by atoms with E-state index in [9.17, 15) is 14.4 Å². The van der Waals surface area contributed by atoms with Crippen molar-refractivity contribution in [2.24, 2.45) is 0 Å². The molecule has 0 fully saturated rings. The van der Waals surface area contributed by atoms with Crippen LogP contribution in [0.15, 0.2) is 53.5 Å². The average molecular weight is 365 g/mol. The lowest BCUT2D eigenvalue weighted by Gasteiger charge is -2.11. The van der Waals surface area contributed by atoms with Crippen LogP contribution in [0.25, 0.3) is 11.0 Å². The molecule has 1 amide bonds. The lowest BCUT2D eigenvalue weighted by Crippen LogP contribution is -2.25. The quantitative estimate of drug-likeness (QED) is 0.702. The molecule has 2 heterocycles. The molecule has 3 rings (SSSR count). The predicted octanol–water partition coefficient (Wildman–Crippen LogP) is 2.52. The first-order valence-electron chi connectivity index (χ1n) is 8.52. The molecule has 0 aliphatic rings. The predicted molar refractivity (Wildman–Crippen MR) is 102 cm³/mol. The van der Waals surface area contributed by atoms with E-state index in [1.807, 2.05) is 19.9 Å². The number of aromatic nitrogens is 2. The summed E-state index contributed by atoms with van der Waals surface area (Å²) in [5.74, 6) is -1.32. The molecular formula is C20H19N3O4. The van der Waals surface area contributed by atoms with Gasteiger partial charge in [-0.3, -0.25) is 9.59 Å². The summed E-state index contributed by atoms with van der Waals surface area (Å²) in [6.45, 7) is 3.76. The Labute approximate surface area is 155 Å². The standard InChI is InChI=1S/C20H19N3O4/c1-3-23-11-16(18(25)15-10-9-13(2)21-19(15)23)20(26)27-12-17(24)22-14-7-5-4-6-8-14/h4-11H,3,12H2,1-2H3,(H,22,24). The number of carbonyl (C=O) groups excluding carboxylic acids is 2. The number of hydrogen-bond donors (Lipinski definition) is 1. The number of hydrogen-bond acceptors (Lipinski definition) is 5. The summed E-state index contributed by atoms with van der Waals surface area (Å²) < 4.78 is 6.74. The maximum absolute atomic E-state index is 12.6. The van der Waals surface area contributed by atoms with Gasteiger partial charge in [0.15, 0.2) is 6.61 Å². The molecule has 138 valence electrons. The number of aryl methyl sites for hydroxylation is 2. The van der Waals surface area contributed by atoms with E-state index in [2.05, 4.69) is 10.3 Å². The third-order valence-electron chi connectivity index (χ3n) is 4.01. The van der Waals surface area contributed by atoms with Crippen LogP contribution in [0.5, 0.6) is 0 Å². The SMILES string of the molecule is CCn1cc(C(=O)OCC(=O)Nc2ccccc2)c(=O)c2ccc(C)nc21. The molecule has 1 N–H and O–H groups in total. The fourth-order valence-electron chi connectivity index (χ4n) is 2.67. The Hall–Kier alpha value is -3.48. The zero-order chi connectivity index (χ0) is 19.4. The zero-order valence-electron chi connectivity index (χ0n) is 15.1. The van der Waals surface area contributed by atoms with E-state index < -0.39 is 23.9 Å². The third kappa shape index (κ3) is 4.03. The Morgan fingerprint density at radius 1 is 1.15 bits per heavy atom. The Kier molecular flexibility index (Phi) is 5.30. The van der Waals surface area contributed by atoms with Gasteiger partial charge in [0, 0.05) is 24.1 Å². The van der Waals surface area contributed by atoms with Gasteiger partial charge < -0.3 is 14.6 Å². The first kappa shape index (κ1) is 18.3. The highest BCUT2D eigenvalue weighted by atomic mass is 16.5. The van der Waals surface area contributed by atoms with Crippen LogP contribution >= 0.6 is 0 Å². The fraction of sp³-hybridized carbons (Fsp3) is 0.200. The van der Waals surface area contributed by atoms with Crippen LogP contribution < -0.4 is 10.7 Å². The van der Waals surface area contributed by atoms with Crippen LogP contribution in [-0.4, -0.2) is 28.0 Å². The van der Waals surface area contributed by atoms with Crippen LogP contribution in [0.1, 0.15) is 23.0 Å². The monoisotopic (exact) mass is 365 g/mol. The van der Waals surface area contributed by atoms with Crippen molar-refractivity contribution < 1.29 is 14.3 Å². The van der Waals surface area contributed by atoms with E-state index in [0.29, 0.717) is 23.3 Å². The molecule has 2 aromatic heterocycles. The molecular weight excluding hydrogens is 346 g/mol. The van der Waals surface area contributed by atoms with E-state index in [4.69, 9.17) is 4.74 Å². The minimum absolute atomic E-state index is 0.123. The molecule has 0 unspecified atom stereocenters. The Morgan fingerprint density at radius 3 is 2.59 bits per heavy atom. The smallest absolute Gasteiger partial charge is 0.344 e. The number of pyridine rings is 2. The van der Waals surface area contributed by atoms with Crippen molar-refractivity contribution in [1.29, 1.82) is 0 Å². The topological polar surface area (TPSA) is 90.3 Å². The van der Waals surface area contributed by atoms with E-state index in [-0.39, 0.29) is 5.56 Å². The van der Waals surface area contributed by atoms with Crippen LogP contribution in [0.2, 0.25) is 0 Å². The average Bonchev–Trinajstić information content (AvgIpc) is 2.67. The maximum atomic E-state index is 12.6. The summed E-state index contributed by atoms with van der Waals surface area (Å²) in [5, 5.41) is 2.95. The molecule has 0 bridgehead atoms. The van der Waals surface area contributed by atoms with Gasteiger partial charge in [0.1, 0.15) is 11.2 Å². The van der Waals surface area contributed by atoms with Crippen molar-refractivity contribution in [1.82, 2.24) is 9.55 Å². The molecule has 0 saturated carbocycles. The summed E-state index contributed by atoms with van der Waals surface area (Å²) in [6, 6.07) is 12.2. The molecule has 0 atom stereocenters. The number of nitrogens with zero attached hydrogens (tertiary/aromatic N) is 2. The second kappa shape index (κ2) is 7.82. The van der Waals surface area contributed by atoms with Gasteiger partial charge in [0.2, 0.25) is 5.43 Å². The number of esters is 1. The minimum atomic E-state index is -0.840. The van der Waals surface area contributed by atoms with Crippen molar-refractivity contribution in [2.75, 3.05) is 11.9 Å². The first-order chi connectivity index (χ1) is 13.0. The van der Waals surface area contributed by atoms with Crippen LogP contribution in [-0.2, 0) is 16.1 Å². The highest BCUT2D eigenvalue weighted by Crippen LogP contribution is 2.12. The number of benzene rings is 1. The van der Waals surface area contributed by atoms with Gasteiger partial charge in [0.05, 0.1) is 5.39 Å². The highest BCUT2D eigenvalue weighted by Gasteiger charge is 2.18. The van der Waals surface area contributed by atoms with Crippen molar-refractivity contribution in [3.05, 3.63) is 70.1 Å². The number of para-hydroxylation sites is 1. The van der Waals surface area contributed by atoms with Gasteiger partial charge >= 0.3 is 5.97 Å². The number of amides is 1. The minimum Gasteiger partial charge on any atom is -0.452 e. The Morgan fingerprint density at radius 2 is 1.89 bits per heavy atom. The molecule has 0 radical (unpaired) electrons. The number of carbonyl (C=O) groups is 2.